The number of likely N-dealkylation sites (tertiary alicyclic amines) is 1. The predicted molar refractivity (Wildman–Crippen MR) is 82.2 cm³/mol. The van der Waals surface area contributed by atoms with Crippen molar-refractivity contribution >= 4 is 36.2 Å². The van der Waals surface area contributed by atoms with Crippen LogP contribution < -0.4 is 0 Å². The fraction of sp³-hybridized carbons (Fsp3) is 0.846. The summed E-state index contributed by atoms with van der Waals surface area (Å²) in [4.78, 5) is 27.9. The molecule has 0 aromatic carbocycles. The predicted octanol–water partition coefficient (Wildman–Crippen LogP) is 2.34. The van der Waals surface area contributed by atoms with Crippen molar-refractivity contribution in [2.75, 3.05) is 24.7 Å². The molecule has 1 atom stereocenters. The van der Waals surface area contributed by atoms with E-state index in [0.29, 0.717) is 6.54 Å². The third kappa shape index (κ3) is 4.19. The van der Waals surface area contributed by atoms with Gasteiger partial charge >= 0.3 is 6.09 Å². The number of nitrogens with zero attached hydrogens (tertiary/aromatic N) is 2. The van der Waals surface area contributed by atoms with Crippen LogP contribution in [0, 0.1) is 0 Å². The molecule has 20 heavy (non-hydrogen) atoms. The molecular formula is C13H23ClN2O3S. The third-order valence-corrected chi connectivity index (χ3v) is 4.20. The zero-order valence-electron chi connectivity index (χ0n) is 12.3. The summed E-state index contributed by atoms with van der Waals surface area (Å²) in [6.07, 6.45) is 1.26. The van der Waals surface area contributed by atoms with Crippen molar-refractivity contribution in [3.63, 3.8) is 0 Å². The minimum atomic E-state index is -0.517. The average molecular weight is 323 g/mol. The van der Waals surface area contributed by atoms with Crippen molar-refractivity contribution in [3.05, 3.63) is 0 Å². The van der Waals surface area contributed by atoms with Crippen LogP contribution in [0.25, 0.3) is 0 Å². The minimum absolute atomic E-state index is 0. The van der Waals surface area contributed by atoms with E-state index in [1.807, 2.05) is 25.7 Å². The molecule has 2 fully saturated rings. The van der Waals surface area contributed by atoms with Gasteiger partial charge in [-0.05, 0) is 33.6 Å². The molecule has 0 saturated carbocycles. The lowest BCUT2D eigenvalue weighted by Gasteiger charge is -2.29. The van der Waals surface area contributed by atoms with Gasteiger partial charge in [-0.15, -0.1) is 24.2 Å². The maximum atomic E-state index is 12.4. The fourth-order valence-electron chi connectivity index (χ4n) is 2.36. The molecule has 7 heteroatoms. The molecule has 0 bridgehead atoms. The van der Waals surface area contributed by atoms with Crippen LogP contribution in [0.4, 0.5) is 4.79 Å². The first-order valence-electron chi connectivity index (χ1n) is 6.74. The molecule has 0 aliphatic carbocycles. The second-order valence-electron chi connectivity index (χ2n) is 5.97. The van der Waals surface area contributed by atoms with Crippen LogP contribution >= 0.6 is 24.2 Å². The summed E-state index contributed by atoms with van der Waals surface area (Å²) >= 11 is 1.76. The number of halogens is 1. The lowest BCUT2D eigenvalue weighted by atomic mass is 10.2. The van der Waals surface area contributed by atoms with Gasteiger partial charge in [0, 0.05) is 18.8 Å². The van der Waals surface area contributed by atoms with E-state index in [0.717, 1.165) is 31.0 Å². The quantitative estimate of drug-likeness (QED) is 0.743. The van der Waals surface area contributed by atoms with Gasteiger partial charge in [-0.2, -0.15) is 0 Å². The van der Waals surface area contributed by atoms with Crippen molar-refractivity contribution in [2.24, 2.45) is 0 Å². The van der Waals surface area contributed by atoms with Crippen LogP contribution in [0.5, 0.6) is 0 Å². The van der Waals surface area contributed by atoms with E-state index in [4.69, 9.17) is 4.74 Å². The molecule has 0 aromatic heterocycles. The Morgan fingerprint density at radius 1 is 1.25 bits per heavy atom. The summed E-state index contributed by atoms with van der Waals surface area (Å²) in [6.45, 7) is 6.94. The molecule has 2 aliphatic heterocycles. The number of carbonyl (C=O) groups is 2. The second kappa shape index (κ2) is 6.89. The number of carbonyl (C=O) groups excluding carboxylic acids is 2. The van der Waals surface area contributed by atoms with Crippen LogP contribution in [0.2, 0.25) is 0 Å². The van der Waals surface area contributed by atoms with Crippen LogP contribution in [-0.4, -0.2) is 58.2 Å². The van der Waals surface area contributed by atoms with Crippen molar-refractivity contribution in [3.8, 4) is 0 Å². The molecule has 0 N–H and O–H groups in total. The molecule has 2 saturated heterocycles. The van der Waals surface area contributed by atoms with E-state index in [2.05, 4.69) is 0 Å². The van der Waals surface area contributed by atoms with E-state index < -0.39 is 5.60 Å². The highest BCUT2D eigenvalue weighted by Crippen LogP contribution is 2.24. The number of thioether (sulfide) groups is 1. The molecule has 2 heterocycles. The van der Waals surface area contributed by atoms with E-state index in [9.17, 15) is 9.59 Å². The molecule has 5 nitrogen and oxygen atoms in total. The molecular weight excluding hydrogens is 300 g/mol. The van der Waals surface area contributed by atoms with Gasteiger partial charge in [0.1, 0.15) is 11.6 Å². The highest BCUT2D eigenvalue weighted by Gasteiger charge is 2.39. The molecule has 0 radical (unpaired) electrons. The van der Waals surface area contributed by atoms with Crippen molar-refractivity contribution in [2.45, 2.75) is 45.3 Å². The van der Waals surface area contributed by atoms with E-state index in [1.54, 1.807) is 16.7 Å². The Labute approximate surface area is 130 Å². The van der Waals surface area contributed by atoms with Gasteiger partial charge in [0.15, 0.2) is 0 Å². The van der Waals surface area contributed by atoms with Crippen LogP contribution in [0.1, 0.15) is 33.6 Å². The summed E-state index contributed by atoms with van der Waals surface area (Å²) in [5.74, 6) is 1.82. The van der Waals surface area contributed by atoms with Gasteiger partial charge in [0.25, 0.3) is 0 Å². The first-order chi connectivity index (χ1) is 8.88. The standard InChI is InChI=1S/C13H22N2O3S.ClH/c1-13(2,3)18-12(17)15-6-4-5-10(15)11(16)14-7-8-19-9-14;/h10H,4-9H2,1-3H3;1H/t10-;/m0./s1. The van der Waals surface area contributed by atoms with Crippen LogP contribution in [0.3, 0.4) is 0 Å². The van der Waals surface area contributed by atoms with Crippen molar-refractivity contribution in [1.29, 1.82) is 0 Å². The van der Waals surface area contributed by atoms with Gasteiger partial charge in [0.2, 0.25) is 5.91 Å². The lowest BCUT2D eigenvalue weighted by molar-refractivity contribution is -0.134. The van der Waals surface area contributed by atoms with Gasteiger partial charge < -0.3 is 9.64 Å². The Morgan fingerprint density at radius 2 is 1.95 bits per heavy atom. The first kappa shape index (κ1) is 17.4. The molecule has 0 spiro atoms. The summed E-state index contributed by atoms with van der Waals surface area (Å²) in [6, 6.07) is -0.325. The van der Waals surface area contributed by atoms with Crippen LogP contribution in [0.15, 0.2) is 0 Å². The minimum Gasteiger partial charge on any atom is -0.444 e. The van der Waals surface area contributed by atoms with Gasteiger partial charge in [-0.3, -0.25) is 9.69 Å². The van der Waals surface area contributed by atoms with Gasteiger partial charge in [-0.1, -0.05) is 0 Å². The largest absolute Gasteiger partial charge is 0.444 e. The zero-order valence-corrected chi connectivity index (χ0v) is 13.9. The third-order valence-electron chi connectivity index (χ3n) is 3.23. The summed E-state index contributed by atoms with van der Waals surface area (Å²) < 4.78 is 5.38. The van der Waals surface area contributed by atoms with Crippen LogP contribution in [-0.2, 0) is 9.53 Å². The number of rotatable bonds is 1. The first-order valence-corrected chi connectivity index (χ1v) is 7.90. The fourth-order valence-corrected chi connectivity index (χ4v) is 3.32. The summed E-state index contributed by atoms with van der Waals surface area (Å²) in [5.41, 5.74) is -0.517. The van der Waals surface area contributed by atoms with E-state index in [1.165, 1.54) is 0 Å². The Kier molecular flexibility index (Phi) is 6.01. The van der Waals surface area contributed by atoms with Gasteiger partial charge in [0.05, 0.1) is 5.88 Å². The second-order valence-corrected chi connectivity index (χ2v) is 7.05. The Bertz CT molecular complexity index is 367. The maximum Gasteiger partial charge on any atom is 0.410 e. The van der Waals surface area contributed by atoms with E-state index >= 15 is 0 Å². The summed E-state index contributed by atoms with van der Waals surface area (Å²) in [5, 5.41) is 0. The average Bonchev–Trinajstić information content (AvgIpc) is 2.97. The topological polar surface area (TPSA) is 49.9 Å². The maximum absolute atomic E-state index is 12.4. The number of hydrogen-bond donors (Lipinski definition) is 0. The Morgan fingerprint density at radius 3 is 2.50 bits per heavy atom. The van der Waals surface area contributed by atoms with E-state index in [-0.39, 0.29) is 30.4 Å². The summed E-state index contributed by atoms with van der Waals surface area (Å²) in [7, 11) is 0. The number of hydrogen-bond acceptors (Lipinski definition) is 4. The molecule has 0 unspecified atom stereocenters. The van der Waals surface area contributed by atoms with Crippen molar-refractivity contribution < 1.29 is 14.3 Å². The monoisotopic (exact) mass is 322 g/mol. The smallest absolute Gasteiger partial charge is 0.410 e. The zero-order chi connectivity index (χ0) is 14.0. The molecule has 2 aliphatic rings. The highest BCUT2D eigenvalue weighted by molar-refractivity contribution is 7.99. The van der Waals surface area contributed by atoms with Gasteiger partial charge in [-0.25, -0.2) is 4.79 Å². The molecule has 2 rings (SSSR count). The normalized spacial score (nSPS) is 22.6. The van der Waals surface area contributed by atoms with Crippen molar-refractivity contribution in [1.82, 2.24) is 9.80 Å². The lowest BCUT2D eigenvalue weighted by Crippen LogP contribution is -2.48. The Balaban J connectivity index is 0.00000200. The number of ether oxygens (including phenoxy) is 1. The Hall–Kier alpha value is -0.620. The SMILES string of the molecule is CC(C)(C)OC(=O)N1CCC[C@H]1C(=O)N1CCSC1.Cl. The number of amides is 2. The highest BCUT2D eigenvalue weighted by atomic mass is 35.5. The molecule has 116 valence electrons. The molecule has 2 amide bonds. The molecule has 0 aromatic rings.